The van der Waals surface area contributed by atoms with Crippen molar-refractivity contribution in [1.29, 1.82) is 0 Å². The van der Waals surface area contributed by atoms with E-state index in [1.807, 2.05) is 11.4 Å². The minimum absolute atomic E-state index is 0.0454. The topological polar surface area (TPSA) is 224 Å². The second kappa shape index (κ2) is 11.6. The number of aromatic amines is 1. The predicted molar refractivity (Wildman–Crippen MR) is 114 cm³/mol. The molecule has 0 saturated carbocycles. The molecule has 0 bridgehead atoms. The van der Waals surface area contributed by atoms with E-state index in [1.165, 1.54) is 0 Å². The first-order valence-corrected chi connectivity index (χ1v) is 9.85. The molecule has 1 aromatic heterocycles. The van der Waals surface area contributed by atoms with Crippen LogP contribution in [0, 0.1) is 0 Å². The zero-order valence-electron chi connectivity index (χ0n) is 17.4. The highest BCUT2D eigenvalue weighted by atomic mass is 16.4. The van der Waals surface area contributed by atoms with E-state index in [-0.39, 0.29) is 6.42 Å². The van der Waals surface area contributed by atoms with Crippen molar-refractivity contribution in [2.75, 3.05) is 13.2 Å². The molecule has 3 unspecified atom stereocenters. The maximum Gasteiger partial charge on any atom is 0.322 e. The van der Waals surface area contributed by atoms with Gasteiger partial charge in [0, 0.05) is 23.5 Å². The normalized spacial score (nSPS) is 13.5. The zero-order valence-corrected chi connectivity index (χ0v) is 17.4. The van der Waals surface area contributed by atoms with Crippen LogP contribution < -0.4 is 21.7 Å². The average Bonchev–Trinajstić information content (AvgIpc) is 3.17. The number of rotatable bonds is 12. The lowest BCUT2D eigenvalue weighted by Gasteiger charge is -2.23. The van der Waals surface area contributed by atoms with Crippen LogP contribution in [0.3, 0.4) is 0 Å². The highest BCUT2D eigenvalue weighted by molar-refractivity contribution is 5.95. The molecule has 0 radical (unpaired) electrons. The van der Waals surface area contributed by atoms with Crippen LogP contribution in [0.4, 0.5) is 0 Å². The molecule has 0 spiro atoms. The van der Waals surface area contributed by atoms with Crippen LogP contribution in [0.25, 0.3) is 10.9 Å². The van der Waals surface area contributed by atoms with Crippen molar-refractivity contribution in [2.24, 2.45) is 5.73 Å². The van der Waals surface area contributed by atoms with Crippen LogP contribution in [0.5, 0.6) is 0 Å². The molecule has 9 N–H and O–H groups in total. The zero-order chi connectivity index (χ0) is 24.5. The molecule has 13 nitrogen and oxygen atoms in total. The summed E-state index contributed by atoms with van der Waals surface area (Å²) in [5.74, 6) is -5.31. The maximum absolute atomic E-state index is 12.9. The number of aliphatic hydroxyl groups is 1. The van der Waals surface area contributed by atoms with Gasteiger partial charge in [-0.1, -0.05) is 18.2 Å². The van der Waals surface area contributed by atoms with Crippen LogP contribution in [-0.4, -0.2) is 81.2 Å². The number of hydrogen-bond acceptors (Lipinski definition) is 7. The van der Waals surface area contributed by atoms with Crippen LogP contribution in [0.1, 0.15) is 12.0 Å². The summed E-state index contributed by atoms with van der Waals surface area (Å²) in [6.07, 6.45) is 0.928. The van der Waals surface area contributed by atoms with Gasteiger partial charge in [0.05, 0.1) is 19.1 Å². The Morgan fingerprint density at radius 1 is 0.939 bits per heavy atom. The molecule has 178 valence electrons. The molecule has 33 heavy (non-hydrogen) atoms. The monoisotopic (exact) mass is 463 g/mol. The number of H-pyrrole nitrogens is 1. The number of aliphatic hydroxyl groups excluding tert-OH is 1. The first kappa shape index (κ1) is 25.3. The summed E-state index contributed by atoms with van der Waals surface area (Å²) >= 11 is 0. The van der Waals surface area contributed by atoms with E-state index in [2.05, 4.69) is 15.6 Å². The Morgan fingerprint density at radius 3 is 2.24 bits per heavy atom. The van der Waals surface area contributed by atoms with Gasteiger partial charge in [-0.05, 0) is 11.6 Å². The van der Waals surface area contributed by atoms with Gasteiger partial charge in [-0.25, -0.2) is 0 Å². The van der Waals surface area contributed by atoms with Gasteiger partial charge >= 0.3 is 11.9 Å². The number of benzene rings is 1. The van der Waals surface area contributed by atoms with Gasteiger partial charge in [-0.3, -0.25) is 24.0 Å². The van der Waals surface area contributed by atoms with Crippen molar-refractivity contribution in [3.8, 4) is 0 Å². The van der Waals surface area contributed by atoms with Gasteiger partial charge < -0.3 is 42.0 Å². The summed E-state index contributed by atoms with van der Waals surface area (Å²) in [5.41, 5.74) is 7.01. The van der Waals surface area contributed by atoms with Crippen molar-refractivity contribution < 1.29 is 39.3 Å². The summed E-state index contributed by atoms with van der Waals surface area (Å²) in [6.45, 7) is -1.55. The van der Waals surface area contributed by atoms with Gasteiger partial charge in [0.15, 0.2) is 0 Å². The molecule has 3 amide bonds. The van der Waals surface area contributed by atoms with E-state index in [1.54, 1.807) is 24.4 Å². The highest BCUT2D eigenvalue weighted by Crippen LogP contribution is 2.19. The summed E-state index contributed by atoms with van der Waals surface area (Å²) in [4.78, 5) is 61.8. The average molecular weight is 463 g/mol. The van der Waals surface area contributed by atoms with Crippen molar-refractivity contribution in [2.45, 2.75) is 31.0 Å². The Balaban J connectivity index is 2.21. The van der Waals surface area contributed by atoms with E-state index in [0.717, 1.165) is 10.9 Å². The number of carboxylic acids is 2. The molecule has 1 heterocycles. The standard InChI is InChI=1S/C20H25N5O8/c21-12(6-16(27)28)18(31)24-14(5-10-7-22-13-4-2-1-3-11(10)13)20(33)25-15(9-26)19(32)23-8-17(29)30/h1-4,7,12,14-15,22,26H,5-6,8-9,21H2,(H,23,32)(H,24,31)(H,25,33)(H,27,28)(H,29,30). The van der Waals surface area contributed by atoms with E-state index in [4.69, 9.17) is 15.9 Å². The maximum atomic E-state index is 12.9. The number of carbonyl (C=O) groups is 5. The highest BCUT2D eigenvalue weighted by Gasteiger charge is 2.29. The number of carboxylic acid groups (broad SMARTS) is 2. The smallest absolute Gasteiger partial charge is 0.322 e. The SMILES string of the molecule is NC(CC(=O)O)C(=O)NC(Cc1c[nH]c2ccccc12)C(=O)NC(CO)C(=O)NCC(=O)O. The van der Waals surface area contributed by atoms with E-state index in [0.29, 0.717) is 5.56 Å². The number of aliphatic carboxylic acids is 2. The van der Waals surface area contributed by atoms with Crippen LogP contribution >= 0.6 is 0 Å². The largest absolute Gasteiger partial charge is 0.481 e. The third-order valence-electron chi connectivity index (χ3n) is 4.69. The molecular formula is C20H25N5O8. The number of fused-ring (bicyclic) bond motifs is 1. The Labute approximate surface area is 187 Å². The van der Waals surface area contributed by atoms with Gasteiger partial charge in [-0.15, -0.1) is 0 Å². The number of amides is 3. The molecule has 0 aliphatic heterocycles. The fourth-order valence-corrected chi connectivity index (χ4v) is 3.04. The molecule has 13 heteroatoms. The second-order valence-electron chi connectivity index (χ2n) is 7.18. The summed E-state index contributed by atoms with van der Waals surface area (Å²) in [5, 5.41) is 34.4. The Bertz CT molecular complexity index is 1040. The van der Waals surface area contributed by atoms with Gasteiger partial charge in [0.1, 0.15) is 18.6 Å². The van der Waals surface area contributed by atoms with Crippen LogP contribution in [-0.2, 0) is 30.4 Å². The molecule has 1 aromatic carbocycles. The lowest BCUT2D eigenvalue weighted by atomic mass is 10.0. The Hall–Kier alpha value is -3.97. The summed E-state index contributed by atoms with van der Waals surface area (Å²) < 4.78 is 0. The minimum Gasteiger partial charge on any atom is -0.481 e. The molecule has 3 atom stereocenters. The summed E-state index contributed by atoms with van der Waals surface area (Å²) in [7, 11) is 0. The Morgan fingerprint density at radius 2 is 1.61 bits per heavy atom. The predicted octanol–water partition coefficient (Wildman–Crippen LogP) is -2.32. The first-order valence-electron chi connectivity index (χ1n) is 9.85. The number of carbonyl (C=O) groups excluding carboxylic acids is 3. The minimum atomic E-state index is -1.48. The fraction of sp³-hybridized carbons (Fsp3) is 0.350. The van der Waals surface area contributed by atoms with E-state index in [9.17, 15) is 29.1 Å². The molecule has 2 rings (SSSR count). The van der Waals surface area contributed by atoms with Gasteiger partial charge in [-0.2, -0.15) is 0 Å². The number of nitrogens with two attached hydrogens (primary N) is 1. The third kappa shape index (κ3) is 7.29. The number of para-hydroxylation sites is 1. The number of aromatic nitrogens is 1. The fourth-order valence-electron chi connectivity index (χ4n) is 3.04. The molecule has 0 aliphatic rings. The number of hydrogen-bond donors (Lipinski definition) is 8. The first-order chi connectivity index (χ1) is 15.6. The molecular weight excluding hydrogens is 438 g/mol. The van der Waals surface area contributed by atoms with Gasteiger partial charge in [0.2, 0.25) is 17.7 Å². The van der Waals surface area contributed by atoms with Crippen molar-refractivity contribution in [1.82, 2.24) is 20.9 Å². The molecule has 0 aliphatic carbocycles. The molecule has 0 saturated heterocycles. The van der Waals surface area contributed by atoms with E-state index < -0.39 is 67.4 Å². The quantitative estimate of drug-likeness (QED) is 0.169. The molecule has 2 aromatic rings. The lowest BCUT2D eigenvalue weighted by Crippen LogP contribution is -2.57. The van der Waals surface area contributed by atoms with Crippen molar-refractivity contribution >= 4 is 40.6 Å². The summed E-state index contributed by atoms with van der Waals surface area (Å²) in [6, 6.07) is 3.01. The van der Waals surface area contributed by atoms with Crippen molar-refractivity contribution in [3.63, 3.8) is 0 Å². The van der Waals surface area contributed by atoms with Crippen LogP contribution in [0.2, 0.25) is 0 Å². The third-order valence-corrected chi connectivity index (χ3v) is 4.69. The second-order valence-corrected chi connectivity index (χ2v) is 7.18. The van der Waals surface area contributed by atoms with Crippen LogP contribution in [0.15, 0.2) is 30.5 Å². The van der Waals surface area contributed by atoms with Gasteiger partial charge in [0.25, 0.3) is 0 Å². The van der Waals surface area contributed by atoms with Crippen molar-refractivity contribution in [3.05, 3.63) is 36.0 Å². The Kier molecular flexibility index (Phi) is 8.89. The molecule has 0 fully saturated rings. The van der Waals surface area contributed by atoms with E-state index >= 15 is 0 Å². The number of nitrogens with one attached hydrogen (secondary N) is 4. The lowest BCUT2D eigenvalue weighted by molar-refractivity contribution is -0.140.